The number of nitrogens with zero attached hydrogens (tertiary/aromatic N) is 2. The summed E-state index contributed by atoms with van der Waals surface area (Å²) < 4.78 is 0.855. The van der Waals surface area contributed by atoms with Crippen LogP contribution in [0.1, 0.15) is 5.69 Å². The fraction of sp³-hybridized carbons (Fsp3) is 0.167. The van der Waals surface area contributed by atoms with E-state index in [4.69, 9.17) is 23.2 Å². The molecule has 3 nitrogen and oxygen atoms in total. The molecule has 18 heavy (non-hydrogen) atoms. The van der Waals surface area contributed by atoms with Crippen LogP contribution >= 0.6 is 39.1 Å². The Balaban J connectivity index is 2.57. The highest BCUT2D eigenvalue weighted by atomic mass is 79.9. The van der Waals surface area contributed by atoms with Gasteiger partial charge in [-0.15, -0.1) is 0 Å². The summed E-state index contributed by atoms with van der Waals surface area (Å²) in [6.07, 6.45) is 0. The molecule has 0 saturated carbocycles. The normalized spacial score (nSPS) is 10.5. The summed E-state index contributed by atoms with van der Waals surface area (Å²) in [7, 11) is 1.81. The molecule has 6 heteroatoms. The van der Waals surface area contributed by atoms with Gasteiger partial charge in [-0.3, -0.25) is 0 Å². The van der Waals surface area contributed by atoms with Gasteiger partial charge in [0, 0.05) is 12.6 Å². The zero-order valence-corrected chi connectivity index (χ0v) is 12.9. The van der Waals surface area contributed by atoms with Crippen molar-refractivity contribution in [2.75, 3.05) is 12.4 Å². The SMILES string of the molecule is CNc1nc(-c2ccc(Cl)c(Cl)c2)nc(C)c1Br. The molecule has 0 atom stereocenters. The summed E-state index contributed by atoms with van der Waals surface area (Å²) in [4.78, 5) is 8.84. The molecule has 0 radical (unpaired) electrons. The standard InChI is InChI=1S/C12H10BrCl2N3/c1-6-10(13)12(16-2)18-11(17-6)7-3-4-8(14)9(15)5-7/h3-5H,1-2H3,(H,16,17,18). The first-order chi connectivity index (χ1) is 8.52. The smallest absolute Gasteiger partial charge is 0.161 e. The van der Waals surface area contributed by atoms with Crippen molar-refractivity contribution in [1.82, 2.24) is 9.97 Å². The molecule has 1 aromatic carbocycles. The molecule has 0 aliphatic rings. The lowest BCUT2D eigenvalue weighted by Crippen LogP contribution is -2.00. The van der Waals surface area contributed by atoms with E-state index in [0.717, 1.165) is 21.5 Å². The Hall–Kier alpha value is -0.840. The van der Waals surface area contributed by atoms with Gasteiger partial charge in [-0.1, -0.05) is 23.2 Å². The number of anilines is 1. The van der Waals surface area contributed by atoms with Crippen molar-refractivity contribution in [2.45, 2.75) is 6.92 Å². The number of benzene rings is 1. The van der Waals surface area contributed by atoms with Gasteiger partial charge in [0.2, 0.25) is 0 Å². The maximum atomic E-state index is 6.00. The van der Waals surface area contributed by atoms with Gasteiger partial charge in [0.1, 0.15) is 5.82 Å². The topological polar surface area (TPSA) is 37.8 Å². The van der Waals surface area contributed by atoms with Crippen LogP contribution in [0.3, 0.4) is 0 Å². The summed E-state index contributed by atoms with van der Waals surface area (Å²) in [6.45, 7) is 1.91. The van der Waals surface area contributed by atoms with Crippen LogP contribution in [0.25, 0.3) is 11.4 Å². The molecule has 94 valence electrons. The van der Waals surface area contributed by atoms with E-state index >= 15 is 0 Å². The predicted octanol–water partition coefficient (Wildman–Crippen LogP) is 4.56. The maximum Gasteiger partial charge on any atom is 0.161 e. The molecule has 1 heterocycles. The molecule has 1 N–H and O–H groups in total. The summed E-state index contributed by atoms with van der Waals surface area (Å²) in [5, 5.41) is 4.02. The van der Waals surface area contributed by atoms with Crippen LogP contribution in [0.5, 0.6) is 0 Å². The molecule has 0 saturated heterocycles. The van der Waals surface area contributed by atoms with Crippen LogP contribution in [-0.4, -0.2) is 17.0 Å². The minimum absolute atomic E-state index is 0.490. The average Bonchev–Trinajstić information content (AvgIpc) is 2.36. The number of nitrogens with one attached hydrogen (secondary N) is 1. The van der Waals surface area contributed by atoms with Gasteiger partial charge in [-0.05, 0) is 41.1 Å². The van der Waals surface area contributed by atoms with Crippen molar-refractivity contribution in [3.8, 4) is 11.4 Å². The Labute approximate surface area is 124 Å². The molecule has 0 bridgehead atoms. The van der Waals surface area contributed by atoms with Crippen LogP contribution in [-0.2, 0) is 0 Å². The molecule has 0 aliphatic heterocycles. The minimum atomic E-state index is 0.490. The van der Waals surface area contributed by atoms with Crippen LogP contribution in [0.15, 0.2) is 22.7 Å². The largest absolute Gasteiger partial charge is 0.372 e. The Morgan fingerprint density at radius 1 is 1.17 bits per heavy atom. The third-order valence-electron chi connectivity index (χ3n) is 2.43. The van der Waals surface area contributed by atoms with E-state index in [1.807, 2.05) is 20.0 Å². The van der Waals surface area contributed by atoms with Crippen molar-refractivity contribution >= 4 is 44.9 Å². The van der Waals surface area contributed by atoms with Crippen molar-refractivity contribution in [2.24, 2.45) is 0 Å². The van der Waals surface area contributed by atoms with Gasteiger partial charge < -0.3 is 5.32 Å². The van der Waals surface area contributed by atoms with Gasteiger partial charge >= 0.3 is 0 Å². The maximum absolute atomic E-state index is 6.00. The van der Waals surface area contributed by atoms with Gasteiger partial charge in [0.05, 0.1) is 20.2 Å². The van der Waals surface area contributed by atoms with E-state index in [0.29, 0.717) is 15.9 Å². The highest BCUT2D eigenvalue weighted by Crippen LogP contribution is 2.30. The van der Waals surface area contributed by atoms with Gasteiger partial charge in [-0.2, -0.15) is 0 Å². The van der Waals surface area contributed by atoms with Crippen molar-refractivity contribution in [1.29, 1.82) is 0 Å². The van der Waals surface area contributed by atoms with E-state index in [9.17, 15) is 0 Å². The average molecular weight is 347 g/mol. The Kier molecular flexibility index (Phi) is 4.10. The fourth-order valence-corrected chi connectivity index (χ4v) is 2.16. The third-order valence-corrected chi connectivity index (χ3v) is 4.12. The Morgan fingerprint density at radius 3 is 2.50 bits per heavy atom. The lowest BCUT2D eigenvalue weighted by molar-refractivity contribution is 1.09. The Bertz CT molecular complexity index is 602. The number of hydrogen-bond donors (Lipinski definition) is 1. The zero-order chi connectivity index (χ0) is 13.3. The highest BCUT2D eigenvalue weighted by Gasteiger charge is 2.10. The van der Waals surface area contributed by atoms with E-state index in [-0.39, 0.29) is 0 Å². The molecule has 0 amide bonds. The molecule has 0 fully saturated rings. The van der Waals surface area contributed by atoms with Crippen molar-refractivity contribution in [3.63, 3.8) is 0 Å². The first-order valence-corrected chi connectivity index (χ1v) is 6.75. The van der Waals surface area contributed by atoms with E-state index in [1.54, 1.807) is 12.1 Å². The third kappa shape index (κ3) is 2.60. The Morgan fingerprint density at radius 2 is 1.89 bits per heavy atom. The molecule has 0 spiro atoms. The van der Waals surface area contributed by atoms with Gasteiger partial charge in [0.25, 0.3) is 0 Å². The monoisotopic (exact) mass is 345 g/mol. The summed E-state index contributed by atoms with van der Waals surface area (Å²) in [5.41, 5.74) is 1.69. The second kappa shape index (κ2) is 5.43. The number of hydrogen-bond acceptors (Lipinski definition) is 3. The van der Waals surface area contributed by atoms with Crippen LogP contribution in [0, 0.1) is 6.92 Å². The van der Waals surface area contributed by atoms with Gasteiger partial charge in [0.15, 0.2) is 5.82 Å². The van der Waals surface area contributed by atoms with Crippen molar-refractivity contribution < 1.29 is 0 Å². The van der Waals surface area contributed by atoms with E-state index < -0.39 is 0 Å². The lowest BCUT2D eigenvalue weighted by atomic mass is 10.2. The minimum Gasteiger partial charge on any atom is -0.372 e. The second-order valence-corrected chi connectivity index (χ2v) is 5.28. The molecular formula is C12H10BrCl2N3. The quantitative estimate of drug-likeness (QED) is 0.865. The van der Waals surface area contributed by atoms with Crippen LogP contribution in [0.2, 0.25) is 10.0 Å². The molecule has 0 aliphatic carbocycles. The number of halogens is 3. The summed E-state index contributed by atoms with van der Waals surface area (Å²) >= 11 is 15.3. The zero-order valence-electron chi connectivity index (χ0n) is 9.76. The summed E-state index contributed by atoms with van der Waals surface area (Å²) in [6, 6.07) is 5.33. The predicted molar refractivity (Wildman–Crippen MR) is 79.5 cm³/mol. The summed E-state index contributed by atoms with van der Waals surface area (Å²) in [5.74, 6) is 1.35. The van der Waals surface area contributed by atoms with E-state index in [1.165, 1.54) is 0 Å². The van der Waals surface area contributed by atoms with Crippen LogP contribution < -0.4 is 5.32 Å². The lowest BCUT2D eigenvalue weighted by Gasteiger charge is -2.09. The number of aromatic nitrogens is 2. The van der Waals surface area contributed by atoms with Crippen LogP contribution in [0.4, 0.5) is 5.82 Å². The molecular weight excluding hydrogens is 337 g/mol. The molecule has 2 aromatic rings. The van der Waals surface area contributed by atoms with Gasteiger partial charge in [-0.25, -0.2) is 9.97 Å². The number of rotatable bonds is 2. The number of aryl methyl sites for hydroxylation is 1. The van der Waals surface area contributed by atoms with Crippen molar-refractivity contribution in [3.05, 3.63) is 38.4 Å². The van der Waals surface area contributed by atoms with E-state index in [2.05, 4.69) is 31.2 Å². The molecule has 0 unspecified atom stereocenters. The molecule has 2 rings (SSSR count). The molecule has 1 aromatic heterocycles. The first kappa shape index (κ1) is 13.6. The fourth-order valence-electron chi connectivity index (χ4n) is 1.49. The first-order valence-electron chi connectivity index (χ1n) is 5.20. The second-order valence-electron chi connectivity index (χ2n) is 3.67. The highest BCUT2D eigenvalue weighted by molar-refractivity contribution is 9.10.